The first-order valence-corrected chi connectivity index (χ1v) is 8.57. The van der Waals surface area contributed by atoms with Gasteiger partial charge in [0.05, 0.1) is 5.75 Å². The second-order valence-electron chi connectivity index (χ2n) is 4.48. The lowest BCUT2D eigenvalue weighted by atomic mass is 9.94. The molecule has 1 saturated heterocycles. The van der Waals surface area contributed by atoms with Crippen molar-refractivity contribution in [1.82, 2.24) is 4.90 Å². The van der Waals surface area contributed by atoms with E-state index in [4.69, 9.17) is 0 Å². The molecule has 0 aliphatic carbocycles. The number of piperidine rings is 1. The van der Waals surface area contributed by atoms with Crippen molar-refractivity contribution >= 4 is 32.4 Å². The quantitative estimate of drug-likeness (QED) is 0.575. The maximum absolute atomic E-state index is 11.0. The van der Waals surface area contributed by atoms with E-state index in [0.717, 1.165) is 13.1 Å². The van der Waals surface area contributed by atoms with E-state index < -0.39 is 9.84 Å². The number of likely N-dealkylation sites (tertiary alicyclic amines) is 1. The average molecular weight is 345 g/mol. The first kappa shape index (κ1) is 13.7. The van der Waals surface area contributed by atoms with Crippen LogP contribution in [-0.2, 0) is 9.84 Å². The van der Waals surface area contributed by atoms with E-state index in [1.165, 1.54) is 25.5 Å². The zero-order valence-electron chi connectivity index (χ0n) is 9.50. The predicted octanol–water partition coefficient (Wildman–Crippen LogP) is 1.71. The number of hydrogen-bond acceptors (Lipinski definition) is 3. The minimum absolute atomic E-state index is 0.299. The number of nitrogens with zero attached hydrogens (tertiary/aromatic N) is 1. The molecule has 1 rings (SSSR count). The normalized spacial score (nSPS) is 22.9. The summed E-state index contributed by atoms with van der Waals surface area (Å²) in [6.45, 7) is 5.03. The van der Waals surface area contributed by atoms with Crippen LogP contribution in [0.1, 0.15) is 26.2 Å². The van der Waals surface area contributed by atoms with Crippen molar-refractivity contribution in [1.29, 1.82) is 0 Å². The van der Waals surface area contributed by atoms with Crippen LogP contribution in [0.5, 0.6) is 0 Å². The second kappa shape index (κ2) is 5.31. The van der Waals surface area contributed by atoms with Crippen molar-refractivity contribution in [3.63, 3.8) is 0 Å². The van der Waals surface area contributed by atoms with E-state index in [0.29, 0.717) is 15.7 Å². The summed E-state index contributed by atoms with van der Waals surface area (Å²) in [6, 6.07) is 0. The molecule has 0 aromatic heterocycles. The van der Waals surface area contributed by atoms with Crippen LogP contribution in [0.15, 0.2) is 0 Å². The van der Waals surface area contributed by atoms with E-state index in [1.54, 1.807) is 0 Å². The highest BCUT2D eigenvalue weighted by Crippen LogP contribution is 2.34. The van der Waals surface area contributed by atoms with Crippen LogP contribution in [0.2, 0.25) is 0 Å². The lowest BCUT2D eigenvalue weighted by Gasteiger charge is -2.37. The molecule has 5 heteroatoms. The summed E-state index contributed by atoms with van der Waals surface area (Å²) in [5, 5.41) is 0. The summed E-state index contributed by atoms with van der Waals surface area (Å²) in [6.07, 6.45) is 4.90. The smallest absolute Gasteiger partial charge is 0.148 e. The van der Waals surface area contributed by atoms with Gasteiger partial charge in [-0.2, -0.15) is 0 Å². The third-order valence-electron chi connectivity index (χ3n) is 3.16. The van der Waals surface area contributed by atoms with Crippen molar-refractivity contribution in [3.05, 3.63) is 0 Å². The highest BCUT2D eigenvalue weighted by atomic mass is 127. The molecular weight excluding hydrogens is 325 g/mol. The molecule has 3 nitrogen and oxygen atoms in total. The van der Waals surface area contributed by atoms with Crippen molar-refractivity contribution in [2.45, 2.75) is 29.6 Å². The first-order valence-electron chi connectivity index (χ1n) is 5.44. The molecule has 0 radical (unpaired) electrons. The van der Waals surface area contributed by atoms with E-state index in [-0.39, 0.29) is 0 Å². The standard InChI is InChI=1S/C10H20INO2S/c1-3-10(11)4-6-12(7-5-10)8-9-15(2,13)14/h3-9H2,1-2H3. The van der Waals surface area contributed by atoms with Crippen molar-refractivity contribution in [2.75, 3.05) is 31.6 Å². The minimum Gasteiger partial charge on any atom is -0.302 e. The molecule has 0 spiro atoms. The fourth-order valence-corrected chi connectivity index (χ4v) is 2.90. The summed E-state index contributed by atoms with van der Waals surface area (Å²) in [7, 11) is -2.80. The van der Waals surface area contributed by atoms with Crippen molar-refractivity contribution in [3.8, 4) is 0 Å². The van der Waals surface area contributed by atoms with Gasteiger partial charge in [0.15, 0.2) is 0 Å². The maximum Gasteiger partial charge on any atom is 0.148 e. The number of sulfone groups is 1. The average Bonchev–Trinajstić information content (AvgIpc) is 2.16. The Morgan fingerprint density at radius 2 is 1.87 bits per heavy atom. The maximum atomic E-state index is 11.0. The van der Waals surface area contributed by atoms with Crippen LogP contribution in [0.4, 0.5) is 0 Å². The lowest BCUT2D eigenvalue weighted by Crippen LogP contribution is -2.42. The monoisotopic (exact) mass is 345 g/mol. The largest absolute Gasteiger partial charge is 0.302 e. The highest BCUT2D eigenvalue weighted by Gasteiger charge is 2.29. The fourth-order valence-electron chi connectivity index (χ4n) is 1.83. The van der Waals surface area contributed by atoms with Gasteiger partial charge in [-0.25, -0.2) is 8.42 Å². The summed E-state index contributed by atoms with van der Waals surface area (Å²) >= 11 is 2.56. The van der Waals surface area contributed by atoms with Crippen molar-refractivity contribution in [2.24, 2.45) is 0 Å². The van der Waals surface area contributed by atoms with Crippen LogP contribution in [0, 0.1) is 0 Å². The van der Waals surface area contributed by atoms with Gasteiger partial charge in [-0.3, -0.25) is 0 Å². The van der Waals surface area contributed by atoms with Crippen LogP contribution in [-0.4, -0.2) is 48.4 Å². The summed E-state index contributed by atoms with van der Waals surface area (Å²) in [4.78, 5) is 2.27. The Morgan fingerprint density at radius 1 is 1.33 bits per heavy atom. The van der Waals surface area contributed by atoms with Crippen LogP contribution >= 0.6 is 22.6 Å². The van der Waals surface area contributed by atoms with Gasteiger partial charge in [0.1, 0.15) is 9.84 Å². The summed E-state index contributed by atoms with van der Waals surface area (Å²) in [5.41, 5.74) is 0. The fraction of sp³-hybridized carbons (Fsp3) is 1.00. The SMILES string of the molecule is CCC1(I)CCN(CCS(C)(=O)=O)CC1. The second-order valence-corrected chi connectivity index (χ2v) is 9.02. The molecule has 0 aromatic rings. The van der Waals surface area contributed by atoms with Gasteiger partial charge in [-0.1, -0.05) is 29.5 Å². The topological polar surface area (TPSA) is 37.4 Å². The number of halogens is 1. The van der Waals surface area contributed by atoms with E-state index in [2.05, 4.69) is 34.4 Å². The molecular formula is C10H20INO2S. The van der Waals surface area contributed by atoms with Gasteiger partial charge in [0.2, 0.25) is 0 Å². The van der Waals surface area contributed by atoms with Crippen LogP contribution in [0.25, 0.3) is 0 Å². The zero-order valence-corrected chi connectivity index (χ0v) is 12.5. The van der Waals surface area contributed by atoms with Gasteiger partial charge in [0.25, 0.3) is 0 Å². The molecule has 1 aliphatic heterocycles. The molecule has 1 aliphatic rings. The third-order valence-corrected chi connectivity index (χ3v) is 5.93. The Morgan fingerprint density at radius 3 is 2.27 bits per heavy atom. The first-order chi connectivity index (χ1) is 6.85. The van der Waals surface area contributed by atoms with Crippen molar-refractivity contribution < 1.29 is 8.42 Å². The molecule has 1 fully saturated rings. The molecule has 0 bridgehead atoms. The molecule has 0 aromatic carbocycles. The molecule has 15 heavy (non-hydrogen) atoms. The van der Waals surface area contributed by atoms with Gasteiger partial charge >= 0.3 is 0 Å². The molecule has 1 heterocycles. The molecule has 0 N–H and O–H groups in total. The lowest BCUT2D eigenvalue weighted by molar-refractivity contribution is 0.214. The number of rotatable bonds is 4. The molecule has 0 atom stereocenters. The summed E-state index contributed by atoms with van der Waals surface area (Å²) < 4.78 is 22.5. The Labute approximate surface area is 107 Å². The third kappa shape index (κ3) is 4.99. The Hall–Kier alpha value is 0.640. The van der Waals surface area contributed by atoms with Gasteiger partial charge in [-0.15, -0.1) is 0 Å². The zero-order chi connectivity index (χ0) is 11.5. The highest BCUT2D eigenvalue weighted by molar-refractivity contribution is 14.1. The van der Waals surface area contributed by atoms with Crippen LogP contribution < -0.4 is 0 Å². The van der Waals surface area contributed by atoms with Gasteiger partial charge in [0, 0.05) is 16.2 Å². The van der Waals surface area contributed by atoms with E-state index in [9.17, 15) is 8.42 Å². The number of alkyl halides is 1. The Bertz CT molecular complexity index is 295. The molecule has 90 valence electrons. The number of hydrogen-bond donors (Lipinski definition) is 0. The molecule has 0 amide bonds. The van der Waals surface area contributed by atoms with E-state index >= 15 is 0 Å². The summed E-state index contributed by atoms with van der Waals surface area (Å²) in [5.74, 6) is 0.299. The van der Waals surface area contributed by atoms with Gasteiger partial charge < -0.3 is 4.90 Å². The Kier molecular flexibility index (Phi) is 4.85. The van der Waals surface area contributed by atoms with E-state index in [1.807, 2.05) is 0 Å². The van der Waals surface area contributed by atoms with Crippen LogP contribution in [0.3, 0.4) is 0 Å². The predicted molar refractivity (Wildman–Crippen MR) is 72.4 cm³/mol. The molecule has 0 saturated carbocycles. The Balaban J connectivity index is 2.32. The van der Waals surface area contributed by atoms with Gasteiger partial charge in [-0.05, 0) is 32.4 Å². The minimum atomic E-state index is -2.80. The molecule has 0 unspecified atom stereocenters.